The normalized spacial score (nSPS) is 26.0. The zero-order valence-corrected chi connectivity index (χ0v) is 12.0. The second-order valence-corrected chi connectivity index (χ2v) is 6.17. The average molecular weight is 280 g/mol. The van der Waals surface area contributed by atoms with E-state index in [1.807, 2.05) is 12.1 Å². The minimum atomic E-state index is 0.397. The summed E-state index contributed by atoms with van der Waals surface area (Å²) in [6, 6.07) is 9.32. The molecule has 0 aliphatic carbocycles. The molecule has 104 valence electrons. The molecule has 19 heavy (non-hydrogen) atoms. The second-order valence-electron chi connectivity index (χ2n) is 5.74. The zero-order valence-electron chi connectivity index (χ0n) is 11.3. The quantitative estimate of drug-likeness (QED) is 0.902. The van der Waals surface area contributed by atoms with E-state index in [2.05, 4.69) is 21.9 Å². The summed E-state index contributed by atoms with van der Waals surface area (Å²) in [5.41, 5.74) is 7.29. The van der Waals surface area contributed by atoms with Gasteiger partial charge in [0.25, 0.3) is 0 Å². The third-order valence-corrected chi connectivity index (χ3v) is 4.68. The standard InChI is InChI=1S/C15H22ClN3/c16-12-1-3-14(4-2-12)18-9-6-15(7-10-18)19-8-5-13(17)11-19/h1-4,13,15H,5-11,17H2/t13-/m1/s1. The minimum Gasteiger partial charge on any atom is -0.371 e. The van der Waals surface area contributed by atoms with Crippen molar-refractivity contribution in [3.05, 3.63) is 29.3 Å². The Bertz CT molecular complexity index is 412. The monoisotopic (exact) mass is 279 g/mol. The Morgan fingerprint density at radius 3 is 2.26 bits per heavy atom. The van der Waals surface area contributed by atoms with Crippen molar-refractivity contribution in [2.24, 2.45) is 5.73 Å². The van der Waals surface area contributed by atoms with Crippen molar-refractivity contribution in [2.45, 2.75) is 31.3 Å². The van der Waals surface area contributed by atoms with E-state index in [4.69, 9.17) is 17.3 Å². The van der Waals surface area contributed by atoms with Gasteiger partial charge in [0.05, 0.1) is 0 Å². The van der Waals surface area contributed by atoms with E-state index in [9.17, 15) is 0 Å². The lowest BCUT2D eigenvalue weighted by Crippen LogP contribution is -2.44. The molecule has 1 aromatic rings. The number of hydrogen-bond donors (Lipinski definition) is 1. The molecule has 0 unspecified atom stereocenters. The van der Waals surface area contributed by atoms with Crippen LogP contribution in [0.3, 0.4) is 0 Å². The predicted octanol–water partition coefficient (Wildman–Crippen LogP) is 2.34. The fraction of sp³-hybridized carbons (Fsp3) is 0.600. The molecule has 4 heteroatoms. The number of rotatable bonds is 2. The molecular formula is C15H22ClN3. The third-order valence-electron chi connectivity index (χ3n) is 4.43. The summed E-state index contributed by atoms with van der Waals surface area (Å²) in [4.78, 5) is 5.05. The highest BCUT2D eigenvalue weighted by atomic mass is 35.5. The molecule has 2 N–H and O–H groups in total. The van der Waals surface area contributed by atoms with Gasteiger partial charge in [-0.3, -0.25) is 4.90 Å². The fourth-order valence-electron chi connectivity index (χ4n) is 3.29. The van der Waals surface area contributed by atoms with Crippen molar-refractivity contribution >= 4 is 17.3 Å². The SMILES string of the molecule is N[C@@H]1CCN(C2CCN(c3ccc(Cl)cc3)CC2)C1. The minimum absolute atomic E-state index is 0.397. The van der Waals surface area contributed by atoms with Crippen molar-refractivity contribution in [1.29, 1.82) is 0 Å². The number of halogens is 1. The fourth-order valence-corrected chi connectivity index (χ4v) is 3.41. The number of benzene rings is 1. The average Bonchev–Trinajstić information content (AvgIpc) is 2.87. The van der Waals surface area contributed by atoms with Crippen LogP contribution in [0.15, 0.2) is 24.3 Å². The van der Waals surface area contributed by atoms with Crippen LogP contribution in [-0.4, -0.2) is 43.2 Å². The third kappa shape index (κ3) is 3.04. The molecule has 1 atom stereocenters. The highest BCUT2D eigenvalue weighted by molar-refractivity contribution is 6.30. The molecule has 2 saturated heterocycles. The topological polar surface area (TPSA) is 32.5 Å². The van der Waals surface area contributed by atoms with Gasteiger partial charge < -0.3 is 10.6 Å². The number of nitrogens with zero attached hydrogens (tertiary/aromatic N) is 2. The van der Waals surface area contributed by atoms with Crippen LogP contribution in [0.2, 0.25) is 5.02 Å². The lowest BCUT2D eigenvalue weighted by atomic mass is 10.0. The maximum Gasteiger partial charge on any atom is 0.0407 e. The van der Waals surface area contributed by atoms with Crippen molar-refractivity contribution in [3.63, 3.8) is 0 Å². The highest BCUT2D eigenvalue weighted by Gasteiger charge is 2.29. The zero-order chi connectivity index (χ0) is 13.2. The smallest absolute Gasteiger partial charge is 0.0407 e. The molecular weight excluding hydrogens is 258 g/mol. The van der Waals surface area contributed by atoms with Crippen molar-refractivity contribution in [2.75, 3.05) is 31.1 Å². The number of nitrogens with two attached hydrogens (primary N) is 1. The van der Waals surface area contributed by atoms with Crippen LogP contribution >= 0.6 is 11.6 Å². The van der Waals surface area contributed by atoms with Crippen molar-refractivity contribution in [3.8, 4) is 0 Å². The Kier molecular flexibility index (Phi) is 3.96. The molecule has 0 saturated carbocycles. The van der Waals surface area contributed by atoms with Gasteiger partial charge in [-0.15, -0.1) is 0 Å². The maximum absolute atomic E-state index is 6.00. The molecule has 0 amide bonds. The first kappa shape index (κ1) is 13.2. The van der Waals surface area contributed by atoms with Crippen LogP contribution in [0.5, 0.6) is 0 Å². The lowest BCUT2D eigenvalue weighted by molar-refractivity contribution is 0.205. The van der Waals surface area contributed by atoms with Crippen LogP contribution in [0.1, 0.15) is 19.3 Å². The van der Waals surface area contributed by atoms with Gasteiger partial charge in [0, 0.05) is 49.0 Å². The molecule has 0 spiro atoms. The molecule has 2 aliphatic heterocycles. The number of piperidine rings is 1. The van der Waals surface area contributed by atoms with Gasteiger partial charge in [-0.05, 0) is 43.5 Å². The van der Waals surface area contributed by atoms with E-state index in [0.29, 0.717) is 6.04 Å². The highest BCUT2D eigenvalue weighted by Crippen LogP contribution is 2.25. The number of anilines is 1. The van der Waals surface area contributed by atoms with Gasteiger partial charge in [-0.1, -0.05) is 11.6 Å². The summed E-state index contributed by atoms with van der Waals surface area (Å²) in [5, 5.41) is 0.810. The molecule has 1 aromatic carbocycles. The van der Waals surface area contributed by atoms with E-state index in [-0.39, 0.29) is 0 Å². The van der Waals surface area contributed by atoms with E-state index in [0.717, 1.165) is 37.1 Å². The summed E-state index contributed by atoms with van der Waals surface area (Å²) in [5.74, 6) is 0. The lowest BCUT2D eigenvalue weighted by Gasteiger charge is -2.37. The molecule has 2 aliphatic rings. The van der Waals surface area contributed by atoms with E-state index < -0.39 is 0 Å². The number of hydrogen-bond acceptors (Lipinski definition) is 3. The molecule has 0 radical (unpaired) electrons. The molecule has 3 nitrogen and oxygen atoms in total. The van der Waals surface area contributed by atoms with Crippen molar-refractivity contribution < 1.29 is 0 Å². The van der Waals surface area contributed by atoms with Crippen LogP contribution < -0.4 is 10.6 Å². The van der Waals surface area contributed by atoms with E-state index in [1.165, 1.54) is 25.1 Å². The van der Waals surface area contributed by atoms with E-state index in [1.54, 1.807) is 0 Å². The summed E-state index contributed by atoms with van der Waals surface area (Å²) in [6.45, 7) is 4.55. The second kappa shape index (κ2) is 5.70. The Labute approximate surface area is 120 Å². The van der Waals surface area contributed by atoms with Gasteiger partial charge >= 0.3 is 0 Å². The predicted molar refractivity (Wildman–Crippen MR) is 80.9 cm³/mol. The Morgan fingerprint density at radius 1 is 1.00 bits per heavy atom. The molecule has 0 aromatic heterocycles. The summed E-state index contributed by atoms with van der Waals surface area (Å²) in [6.07, 6.45) is 3.65. The van der Waals surface area contributed by atoms with Gasteiger partial charge in [0.15, 0.2) is 0 Å². The molecule has 0 bridgehead atoms. The van der Waals surface area contributed by atoms with E-state index >= 15 is 0 Å². The molecule has 2 heterocycles. The van der Waals surface area contributed by atoms with Gasteiger partial charge in [-0.2, -0.15) is 0 Å². The van der Waals surface area contributed by atoms with Gasteiger partial charge in [0.1, 0.15) is 0 Å². The van der Waals surface area contributed by atoms with Crippen LogP contribution in [-0.2, 0) is 0 Å². The molecule has 3 rings (SSSR count). The number of likely N-dealkylation sites (tertiary alicyclic amines) is 1. The van der Waals surface area contributed by atoms with Crippen molar-refractivity contribution in [1.82, 2.24) is 4.90 Å². The van der Waals surface area contributed by atoms with Crippen LogP contribution in [0.4, 0.5) is 5.69 Å². The first-order valence-electron chi connectivity index (χ1n) is 7.22. The Balaban J connectivity index is 1.56. The Morgan fingerprint density at radius 2 is 1.68 bits per heavy atom. The Hall–Kier alpha value is -0.770. The summed E-state index contributed by atoms with van der Waals surface area (Å²) in [7, 11) is 0. The van der Waals surface area contributed by atoms with Crippen LogP contribution in [0, 0.1) is 0 Å². The first-order valence-corrected chi connectivity index (χ1v) is 7.60. The summed E-state index contributed by atoms with van der Waals surface area (Å²) >= 11 is 5.94. The maximum atomic E-state index is 6.00. The first-order chi connectivity index (χ1) is 9.22. The summed E-state index contributed by atoms with van der Waals surface area (Å²) < 4.78 is 0. The van der Waals surface area contributed by atoms with Gasteiger partial charge in [-0.25, -0.2) is 0 Å². The van der Waals surface area contributed by atoms with Crippen LogP contribution in [0.25, 0.3) is 0 Å². The molecule has 2 fully saturated rings. The van der Waals surface area contributed by atoms with Gasteiger partial charge in [0.2, 0.25) is 0 Å². The largest absolute Gasteiger partial charge is 0.371 e.